The second-order valence-corrected chi connectivity index (χ2v) is 9.34. The molecule has 5 rings (SSSR count). The highest BCUT2D eigenvalue weighted by atomic mass is 32.1. The Bertz CT molecular complexity index is 1090. The van der Waals surface area contributed by atoms with Crippen LogP contribution in [0.5, 0.6) is 0 Å². The fourth-order valence-corrected chi connectivity index (χ4v) is 5.54. The Kier molecular flexibility index (Phi) is 3.92. The maximum Gasteiger partial charge on any atom is 0.123 e. The standard InChI is InChI=1S/C22H20N2S2/c1-14-11-23-22(26-14)17-5-6-19-18(9-17)12-24(2)13-20(19)16-4-3-15-7-8-25-21(15)10-16/h3-11,20H,12-13H2,1-2H3. The van der Waals surface area contributed by atoms with Crippen LogP contribution in [0.4, 0.5) is 0 Å². The SMILES string of the molecule is Cc1cnc(-c2ccc3c(c2)CN(C)CC3c2ccc3ccsc3c2)s1. The molecule has 130 valence electrons. The largest absolute Gasteiger partial charge is 0.301 e. The summed E-state index contributed by atoms with van der Waals surface area (Å²) in [5, 5.41) is 4.64. The topological polar surface area (TPSA) is 16.1 Å². The van der Waals surface area contributed by atoms with Gasteiger partial charge in [-0.1, -0.05) is 24.3 Å². The van der Waals surface area contributed by atoms with Gasteiger partial charge in [0.05, 0.1) is 0 Å². The molecule has 0 amide bonds. The molecule has 0 radical (unpaired) electrons. The molecule has 1 atom stereocenters. The van der Waals surface area contributed by atoms with Gasteiger partial charge in [0.2, 0.25) is 0 Å². The zero-order valence-electron chi connectivity index (χ0n) is 14.9. The first kappa shape index (κ1) is 16.2. The van der Waals surface area contributed by atoms with Gasteiger partial charge in [-0.15, -0.1) is 22.7 Å². The number of likely N-dealkylation sites (N-methyl/N-ethyl adjacent to an activating group) is 1. The van der Waals surface area contributed by atoms with Crippen LogP contribution in [0, 0.1) is 6.92 Å². The third kappa shape index (κ3) is 2.78. The number of fused-ring (bicyclic) bond motifs is 2. The molecule has 2 aromatic heterocycles. The molecule has 1 unspecified atom stereocenters. The second-order valence-electron chi connectivity index (χ2n) is 7.16. The third-order valence-corrected chi connectivity index (χ3v) is 7.05. The van der Waals surface area contributed by atoms with Gasteiger partial charge in [0, 0.05) is 40.3 Å². The molecule has 1 aliphatic rings. The van der Waals surface area contributed by atoms with Crippen molar-refractivity contribution in [2.24, 2.45) is 0 Å². The molecule has 0 fully saturated rings. The minimum atomic E-state index is 0.433. The van der Waals surface area contributed by atoms with Crippen LogP contribution < -0.4 is 0 Å². The molecule has 4 heteroatoms. The molecule has 26 heavy (non-hydrogen) atoms. The van der Waals surface area contributed by atoms with Crippen LogP contribution >= 0.6 is 22.7 Å². The van der Waals surface area contributed by atoms with Crippen LogP contribution in [0.2, 0.25) is 0 Å². The van der Waals surface area contributed by atoms with Gasteiger partial charge in [-0.05, 0) is 59.6 Å². The molecule has 4 aromatic rings. The van der Waals surface area contributed by atoms with Crippen molar-refractivity contribution in [3.63, 3.8) is 0 Å². The summed E-state index contributed by atoms with van der Waals surface area (Å²) in [4.78, 5) is 8.26. The molecule has 2 nitrogen and oxygen atoms in total. The summed E-state index contributed by atoms with van der Waals surface area (Å²) in [6.07, 6.45) is 1.96. The van der Waals surface area contributed by atoms with E-state index in [4.69, 9.17) is 0 Å². The number of thiophene rings is 1. The van der Waals surface area contributed by atoms with Crippen LogP contribution in [0.25, 0.3) is 20.7 Å². The molecule has 0 spiro atoms. The Morgan fingerprint density at radius 2 is 2.04 bits per heavy atom. The van der Waals surface area contributed by atoms with E-state index in [1.807, 2.05) is 17.5 Å². The minimum absolute atomic E-state index is 0.433. The first-order chi connectivity index (χ1) is 12.7. The molecule has 0 bridgehead atoms. The van der Waals surface area contributed by atoms with Crippen LogP contribution in [-0.4, -0.2) is 23.5 Å². The van der Waals surface area contributed by atoms with Gasteiger partial charge >= 0.3 is 0 Å². The van der Waals surface area contributed by atoms with Crippen molar-refractivity contribution >= 4 is 32.8 Å². The lowest BCUT2D eigenvalue weighted by atomic mass is 9.84. The molecular weight excluding hydrogens is 356 g/mol. The number of aryl methyl sites for hydroxylation is 1. The number of thiazole rings is 1. The quantitative estimate of drug-likeness (QED) is 0.432. The zero-order valence-corrected chi connectivity index (χ0v) is 16.5. The van der Waals surface area contributed by atoms with Crippen molar-refractivity contribution in [3.8, 4) is 10.6 Å². The Morgan fingerprint density at radius 1 is 1.12 bits per heavy atom. The van der Waals surface area contributed by atoms with E-state index in [2.05, 4.69) is 71.7 Å². The minimum Gasteiger partial charge on any atom is -0.301 e. The van der Waals surface area contributed by atoms with E-state index in [-0.39, 0.29) is 0 Å². The summed E-state index contributed by atoms with van der Waals surface area (Å²) in [7, 11) is 2.22. The summed E-state index contributed by atoms with van der Waals surface area (Å²) in [5.41, 5.74) is 5.56. The van der Waals surface area contributed by atoms with E-state index in [9.17, 15) is 0 Å². The lowest BCUT2D eigenvalue weighted by Gasteiger charge is -2.33. The Labute approximate surface area is 161 Å². The molecular formula is C22H20N2S2. The van der Waals surface area contributed by atoms with Crippen molar-refractivity contribution in [1.29, 1.82) is 0 Å². The van der Waals surface area contributed by atoms with Crippen LogP contribution in [0.3, 0.4) is 0 Å². The molecule has 3 heterocycles. The van der Waals surface area contributed by atoms with Crippen molar-refractivity contribution in [1.82, 2.24) is 9.88 Å². The molecule has 0 N–H and O–H groups in total. The Morgan fingerprint density at radius 3 is 2.88 bits per heavy atom. The Hall–Kier alpha value is -2.01. The average molecular weight is 377 g/mol. The highest BCUT2D eigenvalue weighted by Gasteiger charge is 2.25. The first-order valence-electron chi connectivity index (χ1n) is 8.89. The van der Waals surface area contributed by atoms with Crippen molar-refractivity contribution in [2.75, 3.05) is 13.6 Å². The van der Waals surface area contributed by atoms with Crippen molar-refractivity contribution in [2.45, 2.75) is 19.4 Å². The van der Waals surface area contributed by atoms with Gasteiger partial charge in [-0.3, -0.25) is 0 Å². The summed E-state index contributed by atoms with van der Waals surface area (Å²) in [6.45, 7) is 4.19. The number of hydrogen-bond donors (Lipinski definition) is 0. The van der Waals surface area contributed by atoms with Gasteiger partial charge in [-0.25, -0.2) is 4.98 Å². The van der Waals surface area contributed by atoms with Gasteiger partial charge in [-0.2, -0.15) is 0 Å². The fourth-order valence-electron chi connectivity index (χ4n) is 3.94. The van der Waals surface area contributed by atoms with Gasteiger partial charge < -0.3 is 4.90 Å². The highest BCUT2D eigenvalue weighted by Crippen LogP contribution is 2.37. The van der Waals surface area contributed by atoms with E-state index in [0.29, 0.717) is 5.92 Å². The molecule has 2 aromatic carbocycles. The molecule has 0 aliphatic carbocycles. The molecule has 0 saturated heterocycles. The summed E-state index contributed by atoms with van der Waals surface area (Å²) >= 11 is 3.60. The number of benzene rings is 2. The van der Waals surface area contributed by atoms with Crippen LogP contribution in [0.15, 0.2) is 54.0 Å². The smallest absolute Gasteiger partial charge is 0.123 e. The summed E-state index contributed by atoms with van der Waals surface area (Å²) in [6, 6.07) is 16.1. The number of nitrogens with zero attached hydrogens (tertiary/aromatic N) is 2. The second kappa shape index (κ2) is 6.31. The highest BCUT2D eigenvalue weighted by molar-refractivity contribution is 7.17. The van der Waals surface area contributed by atoms with Gasteiger partial charge in [0.1, 0.15) is 5.01 Å². The maximum absolute atomic E-state index is 4.57. The monoisotopic (exact) mass is 376 g/mol. The van der Waals surface area contributed by atoms with E-state index in [0.717, 1.165) is 18.1 Å². The van der Waals surface area contributed by atoms with Gasteiger partial charge in [0.15, 0.2) is 0 Å². The van der Waals surface area contributed by atoms with E-state index >= 15 is 0 Å². The third-order valence-electron chi connectivity index (χ3n) is 5.20. The average Bonchev–Trinajstić information content (AvgIpc) is 3.28. The predicted molar refractivity (Wildman–Crippen MR) is 112 cm³/mol. The summed E-state index contributed by atoms with van der Waals surface area (Å²) < 4.78 is 1.38. The molecule has 1 aliphatic heterocycles. The lowest BCUT2D eigenvalue weighted by molar-refractivity contribution is 0.295. The van der Waals surface area contributed by atoms with Crippen LogP contribution in [0.1, 0.15) is 27.5 Å². The van der Waals surface area contributed by atoms with E-state index in [1.165, 1.54) is 37.2 Å². The fraction of sp³-hybridized carbons (Fsp3) is 0.227. The Balaban J connectivity index is 1.59. The van der Waals surface area contributed by atoms with Crippen molar-refractivity contribution in [3.05, 3.63) is 75.6 Å². The van der Waals surface area contributed by atoms with E-state index in [1.54, 1.807) is 11.3 Å². The number of rotatable bonds is 2. The van der Waals surface area contributed by atoms with Crippen molar-refractivity contribution < 1.29 is 0 Å². The zero-order chi connectivity index (χ0) is 17.7. The van der Waals surface area contributed by atoms with Crippen LogP contribution in [-0.2, 0) is 6.54 Å². The first-order valence-corrected chi connectivity index (χ1v) is 10.6. The van der Waals surface area contributed by atoms with E-state index < -0.39 is 0 Å². The van der Waals surface area contributed by atoms with Gasteiger partial charge in [0.25, 0.3) is 0 Å². The lowest BCUT2D eigenvalue weighted by Crippen LogP contribution is -2.31. The summed E-state index contributed by atoms with van der Waals surface area (Å²) in [5.74, 6) is 0.433. The normalized spacial score (nSPS) is 17.5. The maximum atomic E-state index is 4.57. The molecule has 0 saturated carbocycles. The number of aromatic nitrogens is 1. The number of hydrogen-bond acceptors (Lipinski definition) is 4. The predicted octanol–water partition coefficient (Wildman–Crippen LogP) is 5.91.